The number of hydrogen-bond acceptors (Lipinski definition) is 3. The maximum Gasteiger partial charge on any atom is 0.234 e. The van der Waals surface area contributed by atoms with Gasteiger partial charge in [0.15, 0.2) is 0 Å². The predicted octanol–water partition coefficient (Wildman–Crippen LogP) is 1.82. The van der Waals surface area contributed by atoms with Gasteiger partial charge >= 0.3 is 0 Å². The molecule has 2 rings (SSSR count). The fourth-order valence-electron chi connectivity index (χ4n) is 2.23. The Balaban J connectivity index is 0.00000200. The number of anilines is 1. The van der Waals surface area contributed by atoms with Crippen LogP contribution < -0.4 is 15.5 Å². The number of nitrogens with one attached hydrogen (secondary N) is 2. The van der Waals surface area contributed by atoms with Crippen molar-refractivity contribution in [3.8, 4) is 0 Å². The molecule has 0 bridgehead atoms. The largest absolute Gasteiger partial charge is 0.369 e. The maximum atomic E-state index is 13.1. The predicted molar refractivity (Wildman–Crippen MR) is 81.3 cm³/mol. The number of carbonyl (C=O) groups excluding carboxylic acids is 1. The van der Waals surface area contributed by atoms with Crippen molar-refractivity contribution in [3.05, 3.63) is 29.0 Å². The van der Waals surface area contributed by atoms with Gasteiger partial charge in [0.05, 0.1) is 11.6 Å². The molecule has 20 heavy (non-hydrogen) atoms. The molecular formula is C13H18Cl2FN3O. The molecule has 1 aliphatic heterocycles. The molecule has 1 aliphatic rings. The van der Waals surface area contributed by atoms with E-state index in [0.29, 0.717) is 6.54 Å². The van der Waals surface area contributed by atoms with E-state index in [1.165, 1.54) is 6.07 Å². The normalized spacial score (nSPS) is 17.8. The Morgan fingerprint density at radius 1 is 1.55 bits per heavy atom. The summed E-state index contributed by atoms with van der Waals surface area (Å²) in [5, 5.41) is 5.89. The summed E-state index contributed by atoms with van der Waals surface area (Å²) in [7, 11) is 1.74. The fraction of sp³-hybridized carbons (Fsp3) is 0.462. The molecular weight excluding hydrogens is 304 g/mol. The number of rotatable bonds is 4. The van der Waals surface area contributed by atoms with Gasteiger partial charge in [-0.1, -0.05) is 11.6 Å². The van der Waals surface area contributed by atoms with Crippen LogP contribution in [-0.2, 0) is 4.79 Å². The number of nitrogens with zero attached hydrogens (tertiary/aromatic N) is 1. The third-order valence-corrected chi connectivity index (χ3v) is 3.45. The lowest BCUT2D eigenvalue weighted by molar-refractivity contribution is -0.120. The lowest BCUT2D eigenvalue weighted by Gasteiger charge is -2.19. The van der Waals surface area contributed by atoms with E-state index in [0.717, 1.165) is 25.2 Å². The minimum absolute atomic E-state index is 0. The number of amides is 1. The van der Waals surface area contributed by atoms with Crippen LogP contribution in [0.3, 0.4) is 0 Å². The van der Waals surface area contributed by atoms with Gasteiger partial charge in [0, 0.05) is 24.8 Å². The molecule has 1 atom stereocenters. The lowest BCUT2D eigenvalue weighted by Crippen LogP contribution is -2.41. The second-order valence-electron chi connectivity index (χ2n) is 4.63. The molecule has 1 aromatic rings. The second kappa shape index (κ2) is 7.67. The minimum Gasteiger partial charge on any atom is -0.369 e. The van der Waals surface area contributed by atoms with E-state index in [1.807, 2.05) is 0 Å². The standard InChI is InChI=1S/C13H17ClFN3O.ClH/c1-16-7-13(19)17-9-4-5-18(8-9)10-2-3-12(15)11(14)6-10;/h2-3,6,9,16H,4-5,7-8H2,1H3,(H,17,19);1H. The first kappa shape index (κ1) is 17.0. The van der Waals surface area contributed by atoms with Crippen LogP contribution >= 0.6 is 24.0 Å². The highest BCUT2D eigenvalue weighted by molar-refractivity contribution is 6.31. The SMILES string of the molecule is CNCC(=O)NC1CCN(c2ccc(F)c(Cl)c2)C1.Cl. The molecule has 1 fully saturated rings. The van der Waals surface area contributed by atoms with Crippen LogP contribution in [0.1, 0.15) is 6.42 Å². The lowest BCUT2D eigenvalue weighted by atomic mass is 10.2. The van der Waals surface area contributed by atoms with Crippen molar-refractivity contribution >= 4 is 35.6 Å². The van der Waals surface area contributed by atoms with E-state index in [4.69, 9.17) is 11.6 Å². The summed E-state index contributed by atoms with van der Waals surface area (Å²) in [5.41, 5.74) is 0.886. The summed E-state index contributed by atoms with van der Waals surface area (Å²) in [6, 6.07) is 4.82. The molecule has 0 aromatic heterocycles. The van der Waals surface area contributed by atoms with Gasteiger partial charge in [-0.25, -0.2) is 4.39 Å². The van der Waals surface area contributed by atoms with Crippen LogP contribution in [0.15, 0.2) is 18.2 Å². The highest BCUT2D eigenvalue weighted by atomic mass is 35.5. The van der Waals surface area contributed by atoms with Gasteiger partial charge in [0.1, 0.15) is 5.82 Å². The van der Waals surface area contributed by atoms with E-state index in [-0.39, 0.29) is 29.4 Å². The molecule has 7 heteroatoms. The summed E-state index contributed by atoms with van der Waals surface area (Å²) in [6.07, 6.45) is 0.879. The molecule has 1 amide bonds. The van der Waals surface area contributed by atoms with Crippen molar-refractivity contribution in [3.63, 3.8) is 0 Å². The monoisotopic (exact) mass is 321 g/mol. The molecule has 1 heterocycles. The van der Waals surface area contributed by atoms with Crippen molar-refractivity contribution in [1.82, 2.24) is 10.6 Å². The molecule has 1 aromatic carbocycles. The Hall–Kier alpha value is -1.04. The van der Waals surface area contributed by atoms with E-state index in [2.05, 4.69) is 15.5 Å². The van der Waals surface area contributed by atoms with Gasteiger partial charge in [0.2, 0.25) is 5.91 Å². The number of hydrogen-bond donors (Lipinski definition) is 2. The first-order chi connectivity index (χ1) is 9.10. The average molecular weight is 322 g/mol. The molecule has 2 N–H and O–H groups in total. The van der Waals surface area contributed by atoms with Crippen LogP contribution in [0.4, 0.5) is 10.1 Å². The fourth-order valence-corrected chi connectivity index (χ4v) is 2.41. The Kier molecular flexibility index (Phi) is 6.52. The smallest absolute Gasteiger partial charge is 0.234 e. The summed E-state index contributed by atoms with van der Waals surface area (Å²) >= 11 is 5.77. The first-order valence-electron chi connectivity index (χ1n) is 6.24. The van der Waals surface area contributed by atoms with Crippen molar-refractivity contribution in [2.24, 2.45) is 0 Å². The second-order valence-corrected chi connectivity index (χ2v) is 5.04. The minimum atomic E-state index is -0.413. The molecule has 4 nitrogen and oxygen atoms in total. The highest BCUT2D eigenvalue weighted by Crippen LogP contribution is 2.25. The van der Waals surface area contributed by atoms with Crippen LogP contribution in [0.2, 0.25) is 5.02 Å². The third-order valence-electron chi connectivity index (χ3n) is 3.16. The Morgan fingerprint density at radius 3 is 2.95 bits per heavy atom. The van der Waals surface area contributed by atoms with Crippen LogP contribution in [0.25, 0.3) is 0 Å². The zero-order valence-corrected chi connectivity index (χ0v) is 12.7. The van der Waals surface area contributed by atoms with Gasteiger partial charge < -0.3 is 15.5 Å². The molecule has 0 spiro atoms. The molecule has 0 aliphatic carbocycles. The first-order valence-corrected chi connectivity index (χ1v) is 6.62. The average Bonchev–Trinajstić information content (AvgIpc) is 2.81. The van der Waals surface area contributed by atoms with Gasteiger partial charge in [-0.2, -0.15) is 0 Å². The highest BCUT2D eigenvalue weighted by Gasteiger charge is 2.24. The van der Waals surface area contributed by atoms with Gasteiger partial charge in [0.25, 0.3) is 0 Å². The quantitative estimate of drug-likeness (QED) is 0.889. The van der Waals surface area contributed by atoms with E-state index < -0.39 is 5.82 Å². The summed E-state index contributed by atoms with van der Waals surface area (Å²) in [5.74, 6) is -0.421. The molecule has 0 saturated carbocycles. The molecule has 0 radical (unpaired) electrons. The third kappa shape index (κ3) is 4.23. The topological polar surface area (TPSA) is 44.4 Å². The Bertz CT molecular complexity index is 473. The number of carbonyl (C=O) groups is 1. The summed E-state index contributed by atoms with van der Waals surface area (Å²) < 4.78 is 13.1. The van der Waals surface area contributed by atoms with Gasteiger partial charge in [-0.05, 0) is 31.7 Å². The molecule has 1 saturated heterocycles. The summed E-state index contributed by atoms with van der Waals surface area (Å²) in [6.45, 7) is 1.86. The zero-order chi connectivity index (χ0) is 13.8. The number of likely N-dealkylation sites (N-methyl/N-ethyl adjacent to an activating group) is 1. The van der Waals surface area contributed by atoms with Gasteiger partial charge in [-0.3, -0.25) is 4.79 Å². The Labute approximate surface area is 129 Å². The number of halogens is 3. The Morgan fingerprint density at radius 2 is 2.30 bits per heavy atom. The zero-order valence-electron chi connectivity index (χ0n) is 11.2. The van der Waals surface area contributed by atoms with Crippen molar-refractivity contribution in [2.75, 3.05) is 31.6 Å². The van der Waals surface area contributed by atoms with Gasteiger partial charge in [-0.15, -0.1) is 12.4 Å². The summed E-state index contributed by atoms with van der Waals surface area (Å²) in [4.78, 5) is 13.6. The van der Waals surface area contributed by atoms with Crippen molar-refractivity contribution in [2.45, 2.75) is 12.5 Å². The van der Waals surface area contributed by atoms with E-state index >= 15 is 0 Å². The van der Waals surface area contributed by atoms with Crippen LogP contribution in [0.5, 0.6) is 0 Å². The van der Waals surface area contributed by atoms with E-state index in [9.17, 15) is 9.18 Å². The van der Waals surface area contributed by atoms with Crippen molar-refractivity contribution < 1.29 is 9.18 Å². The molecule has 1 unspecified atom stereocenters. The maximum absolute atomic E-state index is 13.1. The van der Waals surface area contributed by atoms with Crippen molar-refractivity contribution in [1.29, 1.82) is 0 Å². The van der Waals surface area contributed by atoms with Crippen LogP contribution in [-0.4, -0.2) is 38.6 Å². The van der Waals surface area contributed by atoms with E-state index in [1.54, 1.807) is 19.2 Å². The van der Waals surface area contributed by atoms with Crippen LogP contribution in [0, 0.1) is 5.82 Å². The molecule has 112 valence electrons. The number of benzene rings is 1.